The highest BCUT2D eigenvalue weighted by atomic mass is 16.2. The molecule has 2 aliphatic rings. The first-order valence-corrected chi connectivity index (χ1v) is 9.45. The Morgan fingerprint density at radius 1 is 1.14 bits per heavy atom. The fourth-order valence-electron chi connectivity index (χ4n) is 3.84. The number of nitrogens with two attached hydrogens (primary N) is 1. The lowest BCUT2D eigenvalue weighted by atomic mass is 10.1. The average molecular weight is 397 g/mol. The number of benzene rings is 1. The van der Waals surface area contributed by atoms with Gasteiger partial charge in [-0.3, -0.25) is 9.80 Å². The van der Waals surface area contributed by atoms with E-state index in [4.69, 9.17) is 5.73 Å². The van der Waals surface area contributed by atoms with E-state index in [1.165, 1.54) is 0 Å². The number of carbonyl (C=O) groups is 3. The molecule has 3 N–H and O–H groups in total. The van der Waals surface area contributed by atoms with Gasteiger partial charge >= 0.3 is 12.1 Å². The molecule has 3 heterocycles. The smallest absolute Gasteiger partial charge is 0.344 e. The number of nitrogens with one attached hydrogen (secondary N) is 1. The largest absolute Gasteiger partial charge is 0.352 e. The summed E-state index contributed by atoms with van der Waals surface area (Å²) in [5.41, 5.74) is 6.82. The van der Waals surface area contributed by atoms with Gasteiger partial charge in [-0.05, 0) is 12.5 Å². The molecule has 0 radical (unpaired) electrons. The van der Waals surface area contributed by atoms with Crippen LogP contribution in [0.5, 0.6) is 0 Å². The van der Waals surface area contributed by atoms with E-state index >= 15 is 0 Å². The molecule has 2 aromatic rings. The Morgan fingerprint density at radius 2 is 1.83 bits per heavy atom. The molecule has 1 fully saturated rings. The summed E-state index contributed by atoms with van der Waals surface area (Å²) in [6, 6.07) is 7.32. The number of hydrogen-bond acceptors (Lipinski definition) is 5. The molecule has 0 unspecified atom stereocenters. The summed E-state index contributed by atoms with van der Waals surface area (Å²) in [6.45, 7) is 4.21. The molecule has 0 spiro atoms. The van der Waals surface area contributed by atoms with Crippen LogP contribution in [0.3, 0.4) is 0 Å². The molecule has 4 amide bonds. The van der Waals surface area contributed by atoms with Crippen LogP contribution in [0.1, 0.15) is 23.1 Å². The third-order valence-electron chi connectivity index (χ3n) is 5.31. The maximum atomic E-state index is 13.1. The molecular weight excluding hydrogens is 374 g/mol. The predicted octanol–water partition coefficient (Wildman–Crippen LogP) is 0.444. The van der Waals surface area contributed by atoms with Gasteiger partial charge in [0.15, 0.2) is 0 Å². The van der Waals surface area contributed by atoms with Gasteiger partial charge in [0, 0.05) is 26.2 Å². The van der Waals surface area contributed by atoms with Crippen LogP contribution in [0.15, 0.2) is 36.5 Å². The molecule has 10 nitrogen and oxygen atoms in total. The predicted molar refractivity (Wildman–Crippen MR) is 103 cm³/mol. The van der Waals surface area contributed by atoms with Crippen molar-refractivity contribution in [3.63, 3.8) is 0 Å². The Labute approximate surface area is 167 Å². The third kappa shape index (κ3) is 3.54. The number of aryl methyl sites for hydroxylation is 1. The minimum absolute atomic E-state index is 0.118. The maximum Gasteiger partial charge on any atom is 0.344 e. The highest BCUT2D eigenvalue weighted by molar-refractivity contribution is 5.88. The van der Waals surface area contributed by atoms with Gasteiger partial charge in [0.25, 0.3) is 0 Å². The monoisotopic (exact) mass is 397 g/mol. The van der Waals surface area contributed by atoms with E-state index in [9.17, 15) is 14.4 Å². The number of hydrogen-bond donors (Lipinski definition) is 2. The summed E-state index contributed by atoms with van der Waals surface area (Å²) in [5, 5.41) is 6.19. The summed E-state index contributed by atoms with van der Waals surface area (Å²) in [6.07, 6.45) is 1.72. The second kappa shape index (κ2) is 7.55. The lowest BCUT2D eigenvalue weighted by Gasteiger charge is -2.39. The van der Waals surface area contributed by atoms with E-state index in [-0.39, 0.29) is 11.9 Å². The standard InChI is InChI=1S/C19H23N7O3/c1-13-21-11-15-12-25(19(29)26(13)15)24-9-7-23(8-10-24)17(27)16(22-18(20)28)14-5-3-2-4-6-14/h2-6,11,16H,7-10,12H2,1H3,(H3,20,22,28)/t16-/m0/s1. The van der Waals surface area contributed by atoms with Crippen LogP contribution in [0.4, 0.5) is 9.59 Å². The Balaban J connectivity index is 1.42. The Kier molecular flexibility index (Phi) is 4.93. The van der Waals surface area contributed by atoms with Crippen molar-refractivity contribution in [3.8, 4) is 0 Å². The number of nitrogens with zero attached hydrogens (tertiary/aromatic N) is 5. The van der Waals surface area contributed by atoms with Crippen LogP contribution in [-0.2, 0) is 11.3 Å². The fraction of sp³-hybridized carbons (Fsp3) is 0.368. The van der Waals surface area contributed by atoms with E-state index in [1.54, 1.807) is 51.9 Å². The Morgan fingerprint density at radius 3 is 2.45 bits per heavy atom. The van der Waals surface area contributed by atoms with Crippen molar-refractivity contribution in [2.45, 2.75) is 19.5 Å². The van der Waals surface area contributed by atoms with Gasteiger partial charge in [-0.2, -0.15) is 0 Å². The topological polar surface area (TPSA) is 117 Å². The molecule has 0 bridgehead atoms. The van der Waals surface area contributed by atoms with Gasteiger partial charge in [0.1, 0.15) is 11.9 Å². The molecular formula is C19H23N7O3. The summed E-state index contributed by atoms with van der Waals surface area (Å²) < 4.78 is 1.61. The van der Waals surface area contributed by atoms with Crippen molar-refractivity contribution in [1.29, 1.82) is 0 Å². The van der Waals surface area contributed by atoms with E-state index < -0.39 is 12.1 Å². The lowest BCUT2D eigenvalue weighted by Crippen LogP contribution is -2.57. The third-order valence-corrected chi connectivity index (χ3v) is 5.31. The van der Waals surface area contributed by atoms with Gasteiger partial charge in [0.05, 0.1) is 18.4 Å². The molecule has 4 rings (SSSR count). The van der Waals surface area contributed by atoms with Crippen molar-refractivity contribution in [2.24, 2.45) is 5.73 Å². The molecule has 1 aromatic heterocycles. The molecule has 0 saturated carbocycles. The molecule has 152 valence electrons. The van der Waals surface area contributed by atoms with E-state index in [2.05, 4.69) is 10.3 Å². The summed E-state index contributed by atoms with van der Waals surface area (Å²) in [4.78, 5) is 43.0. The first kappa shape index (κ1) is 18.9. The minimum atomic E-state index is -0.830. The van der Waals surface area contributed by atoms with Crippen LogP contribution in [0.25, 0.3) is 0 Å². The number of fused-ring (bicyclic) bond motifs is 1. The highest BCUT2D eigenvalue weighted by Crippen LogP contribution is 2.22. The number of carbonyl (C=O) groups excluding carboxylic acids is 3. The Hall–Kier alpha value is -3.40. The zero-order valence-electron chi connectivity index (χ0n) is 16.1. The number of imidazole rings is 1. The van der Waals surface area contributed by atoms with Crippen LogP contribution >= 0.6 is 0 Å². The minimum Gasteiger partial charge on any atom is -0.352 e. The number of aromatic nitrogens is 2. The summed E-state index contributed by atoms with van der Waals surface area (Å²) in [7, 11) is 0. The SMILES string of the molecule is Cc1ncc2n1C(=O)N(N1CCN(C(=O)[C@@H](NC(N)=O)c3ccccc3)CC1)C2. The lowest BCUT2D eigenvalue weighted by molar-refractivity contribution is -0.137. The van der Waals surface area contributed by atoms with Crippen molar-refractivity contribution >= 4 is 18.0 Å². The number of piperazine rings is 1. The summed E-state index contributed by atoms with van der Waals surface area (Å²) >= 11 is 0. The van der Waals surface area contributed by atoms with E-state index in [0.717, 1.165) is 5.69 Å². The fourth-order valence-corrected chi connectivity index (χ4v) is 3.84. The zero-order valence-corrected chi connectivity index (χ0v) is 16.1. The number of urea groups is 1. The highest BCUT2D eigenvalue weighted by Gasteiger charge is 2.36. The number of hydrazine groups is 1. The number of rotatable bonds is 4. The van der Waals surface area contributed by atoms with Crippen LogP contribution in [-0.4, -0.2) is 68.6 Å². The van der Waals surface area contributed by atoms with Gasteiger partial charge < -0.3 is 16.0 Å². The molecule has 29 heavy (non-hydrogen) atoms. The summed E-state index contributed by atoms with van der Waals surface area (Å²) in [5.74, 6) is 0.457. The van der Waals surface area contributed by atoms with Crippen molar-refractivity contribution in [2.75, 3.05) is 26.2 Å². The number of primary amides is 1. The van der Waals surface area contributed by atoms with Gasteiger partial charge in [-0.15, -0.1) is 0 Å². The quantitative estimate of drug-likeness (QED) is 0.777. The normalized spacial score (nSPS) is 17.9. The molecule has 2 aliphatic heterocycles. The number of amides is 4. The first-order chi connectivity index (χ1) is 14.0. The van der Waals surface area contributed by atoms with Crippen LogP contribution < -0.4 is 11.1 Å². The second-order valence-electron chi connectivity index (χ2n) is 7.10. The average Bonchev–Trinajstić information content (AvgIpc) is 3.26. The van der Waals surface area contributed by atoms with Crippen molar-refractivity contribution in [3.05, 3.63) is 53.6 Å². The zero-order chi connectivity index (χ0) is 20.5. The molecule has 1 aromatic carbocycles. The Bertz CT molecular complexity index is 935. The van der Waals surface area contributed by atoms with Crippen LogP contribution in [0.2, 0.25) is 0 Å². The van der Waals surface area contributed by atoms with E-state index in [0.29, 0.717) is 44.1 Å². The molecule has 1 saturated heterocycles. The van der Waals surface area contributed by atoms with Gasteiger partial charge in [-0.25, -0.2) is 24.1 Å². The second-order valence-corrected chi connectivity index (χ2v) is 7.10. The van der Waals surface area contributed by atoms with Crippen LogP contribution in [0, 0.1) is 6.92 Å². The molecule has 10 heteroatoms. The molecule has 0 aliphatic carbocycles. The van der Waals surface area contributed by atoms with Gasteiger partial charge in [0.2, 0.25) is 5.91 Å². The van der Waals surface area contributed by atoms with Crippen molar-refractivity contribution < 1.29 is 14.4 Å². The van der Waals surface area contributed by atoms with Crippen molar-refractivity contribution in [1.82, 2.24) is 29.8 Å². The first-order valence-electron chi connectivity index (χ1n) is 9.45. The van der Waals surface area contributed by atoms with Gasteiger partial charge in [-0.1, -0.05) is 30.3 Å². The molecule has 1 atom stereocenters. The maximum absolute atomic E-state index is 13.1. The van der Waals surface area contributed by atoms with E-state index in [1.807, 2.05) is 11.1 Å².